The molecule has 0 bridgehead atoms. The molecule has 1 aromatic heterocycles. The minimum atomic E-state index is 0.298. The standard InChI is InChI=1S/C11H19N3O/c1-8(10-5-6-12-14-10)13-9(2)11-4-3-7-15-11/h5-6,8-9,11,13H,3-4,7H2,1-2H3,(H,12,14). The lowest BCUT2D eigenvalue weighted by molar-refractivity contribution is 0.0802. The van der Waals surface area contributed by atoms with E-state index in [-0.39, 0.29) is 0 Å². The smallest absolute Gasteiger partial charge is 0.0726 e. The summed E-state index contributed by atoms with van der Waals surface area (Å²) in [6, 6.07) is 2.69. The van der Waals surface area contributed by atoms with Gasteiger partial charge in [0.25, 0.3) is 0 Å². The van der Waals surface area contributed by atoms with Crippen molar-refractivity contribution in [2.45, 2.75) is 44.9 Å². The molecule has 0 radical (unpaired) electrons. The summed E-state index contributed by atoms with van der Waals surface area (Å²) in [5.41, 5.74) is 1.12. The summed E-state index contributed by atoms with van der Waals surface area (Å²) in [4.78, 5) is 0. The highest BCUT2D eigenvalue weighted by Gasteiger charge is 2.23. The highest BCUT2D eigenvalue weighted by molar-refractivity contribution is 5.03. The molecule has 3 atom stereocenters. The topological polar surface area (TPSA) is 49.9 Å². The molecular weight excluding hydrogens is 190 g/mol. The lowest BCUT2D eigenvalue weighted by atomic mass is 10.1. The third kappa shape index (κ3) is 2.58. The first-order valence-corrected chi connectivity index (χ1v) is 5.64. The second-order valence-electron chi connectivity index (χ2n) is 4.24. The number of H-pyrrole nitrogens is 1. The molecule has 4 heteroatoms. The van der Waals surface area contributed by atoms with Crippen molar-refractivity contribution in [2.75, 3.05) is 6.61 Å². The van der Waals surface area contributed by atoms with Gasteiger partial charge in [0.1, 0.15) is 0 Å². The SMILES string of the molecule is CC(NC(C)C1CCCO1)c1ccn[nH]1. The molecule has 0 amide bonds. The van der Waals surface area contributed by atoms with Crippen LogP contribution < -0.4 is 5.32 Å². The lowest BCUT2D eigenvalue weighted by Crippen LogP contribution is -2.38. The van der Waals surface area contributed by atoms with Gasteiger partial charge in [-0.1, -0.05) is 0 Å². The van der Waals surface area contributed by atoms with Crippen LogP contribution in [0.15, 0.2) is 12.3 Å². The van der Waals surface area contributed by atoms with E-state index in [1.54, 1.807) is 6.20 Å². The summed E-state index contributed by atoms with van der Waals surface area (Å²) in [6.45, 7) is 5.23. The van der Waals surface area contributed by atoms with Crippen LogP contribution in [0, 0.1) is 0 Å². The van der Waals surface area contributed by atoms with Crippen LogP contribution in [0.2, 0.25) is 0 Å². The number of aromatic nitrogens is 2. The summed E-state index contributed by atoms with van der Waals surface area (Å²) in [7, 11) is 0. The van der Waals surface area contributed by atoms with E-state index in [0.29, 0.717) is 18.2 Å². The average molecular weight is 209 g/mol. The molecule has 1 saturated heterocycles. The number of hydrogen-bond acceptors (Lipinski definition) is 3. The maximum atomic E-state index is 5.64. The molecule has 1 aliphatic heterocycles. The Bertz CT molecular complexity index is 280. The van der Waals surface area contributed by atoms with Gasteiger partial charge >= 0.3 is 0 Å². The van der Waals surface area contributed by atoms with Gasteiger partial charge in [-0.2, -0.15) is 5.10 Å². The first kappa shape index (κ1) is 10.6. The van der Waals surface area contributed by atoms with E-state index in [4.69, 9.17) is 4.74 Å². The third-order valence-electron chi connectivity index (χ3n) is 3.02. The number of rotatable bonds is 4. The van der Waals surface area contributed by atoms with Crippen molar-refractivity contribution >= 4 is 0 Å². The van der Waals surface area contributed by atoms with Crippen molar-refractivity contribution < 1.29 is 4.74 Å². The van der Waals surface area contributed by atoms with Crippen molar-refractivity contribution in [3.8, 4) is 0 Å². The van der Waals surface area contributed by atoms with Crippen LogP contribution in [0.4, 0.5) is 0 Å². The Hall–Kier alpha value is -0.870. The zero-order chi connectivity index (χ0) is 10.7. The molecule has 1 fully saturated rings. The van der Waals surface area contributed by atoms with Crippen molar-refractivity contribution in [3.63, 3.8) is 0 Å². The van der Waals surface area contributed by atoms with Crippen LogP contribution >= 0.6 is 0 Å². The number of nitrogens with zero attached hydrogens (tertiary/aromatic N) is 1. The van der Waals surface area contributed by atoms with Gasteiger partial charge in [0, 0.05) is 24.9 Å². The fraction of sp³-hybridized carbons (Fsp3) is 0.727. The van der Waals surface area contributed by atoms with Gasteiger partial charge in [-0.15, -0.1) is 0 Å². The average Bonchev–Trinajstić information content (AvgIpc) is 2.91. The summed E-state index contributed by atoms with van der Waals surface area (Å²) in [5, 5.41) is 10.5. The molecule has 4 nitrogen and oxygen atoms in total. The maximum Gasteiger partial charge on any atom is 0.0726 e. The zero-order valence-corrected chi connectivity index (χ0v) is 9.36. The third-order valence-corrected chi connectivity index (χ3v) is 3.02. The van der Waals surface area contributed by atoms with Crippen LogP contribution in [0.25, 0.3) is 0 Å². The molecule has 1 aromatic rings. The molecule has 0 spiro atoms. The fourth-order valence-corrected chi connectivity index (χ4v) is 2.10. The van der Waals surface area contributed by atoms with Gasteiger partial charge in [0.2, 0.25) is 0 Å². The molecule has 0 saturated carbocycles. The molecule has 2 N–H and O–H groups in total. The molecule has 2 heterocycles. The second-order valence-corrected chi connectivity index (χ2v) is 4.24. The van der Waals surface area contributed by atoms with Gasteiger partial charge in [-0.3, -0.25) is 5.10 Å². The van der Waals surface area contributed by atoms with Gasteiger partial charge in [0.05, 0.1) is 11.8 Å². The van der Waals surface area contributed by atoms with Gasteiger partial charge < -0.3 is 10.1 Å². The largest absolute Gasteiger partial charge is 0.377 e. The molecule has 84 valence electrons. The molecule has 2 rings (SSSR count). The summed E-state index contributed by atoms with van der Waals surface area (Å²) < 4.78 is 5.64. The Kier molecular flexibility index (Phi) is 3.38. The van der Waals surface area contributed by atoms with Gasteiger partial charge in [-0.05, 0) is 32.8 Å². The Labute approximate surface area is 90.4 Å². The maximum absolute atomic E-state index is 5.64. The summed E-state index contributed by atoms with van der Waals surface area (Å²) in [5.74, 6) is 0. The van der Waals surface area contributed by atoms with Gasteiger partial charge in [-0.25, -0.2) is 0 Å². The van der Waals surface area contributed by atoms with E-state index in [0.717, 1.165) is 12.3 Å². The van der Waals surface area contributed by atoms with Gasteiger partial charge in [0.15, 0.2) is 0 Å². The Morgan fingerprint density at radius 1 is 1.60 bits per heavy atom. The Balaban J connectivity index is 1.85. The predicted octanol–water partition coefficient (Wildman–Crippen LogP) is 1.63. The number of nitrogens with one attached hydrogen (secondary N) is 2. The molecule has 0 aliphatic carbocycles. The summed E-state index contributed by atoms with van der Waals surface area (Å²) >= 11 is 0. The van der Waals surface area contributed by atoms with Crippen molar-refractivity contribution in [1.29, 1.82) is 0 Å². The molecule has 0 aromatic carbocycles. The lowest BCUT2D eigenvalue weighted by Gasteiger charge is -2.23. The predicted molar refractivity (Wildman–Crippen MR) is 58.6 cm³/mol. The van der Waals surface area contributed by atoms with Crippen molar-refractivity contribution in [3.05, 3.63) is 18.0 Å². The minimum Gasteiger partial charge on any atom is -0.377 e. The zero-order valence-electron chi connectivity index (χ0n) is 9.36. The van der Waals surface area contributed by atoms with E-state index in [1.165, 1.54) is 12.8 Å². The van der Waals surface area contributed by atoms with E-state index in [1.807, 2.05) is 6.07 Å². The molecular formula is C11H19N3O. The van der Waals surface area contributed by atoms with Crippen LogP contribution in [-0.2, 0) is 4.74 Å². The van der Waals surface area contributed by atoms with E-state index >= 15 is 0 Å². The fourth-order valence-electron chi connectivity index (χ4n) is 2.10. The molecule has 3 unspecified atom stereocenters. The minimum absolute atomic E-state index is 0.298. The number of hydrogen-bond donors (Lipinski definition) is 2. The van der Waals surface area contributed by atoms with Crippen molar-refractivity contribution in [1.82, 2.24) is 15.5 Å². The van der Waals surface area contributed by atoms with E-state index in [9.17, 15) is 0 Å². The van der Waals surface area contributed by atoms with E-state index < -0.39 is 0 Å². The highest BCUT2D eigenvalue weighted by atomic mass is 16.5. The van der Waals surface area contributed by atoms with Crippen LogP contribution in [-0.4, -0.2) is 29.0 Å². The molecule has 1 aliphatic rings. The first-order chi connectivity index (χ1) is 7.27. The summed E-state index contributed by atoms with van der Waals surface area (Å²) in [6.07, 6.45) is 4.51. The normalized spacial score (nSPS) is 25.3. The van der Waals surface area contributed by atoms with Crippen LogP contribution in [0.5, 0.6) is 0 Å². The quantitative estimate of drug-likeness (QED) is 0.792. The second kappa shape index (κ2) is 4.77. The Morgan fingerprint density at radius 3 is 3.07 bits per heavy atom. The van der Waals surface area contributed by atoms with Crippen molar-refractivity contribution in [2.24, 2.45) is 0 Å². The van der Waals surface area contributed by atoms with Crippen LogP contribution in [0.1, 0.15) is 38.4 Å². The molecule has 15 heavy (non-hydrogen) atoms. The number of ether oxygens (including phenoxy) is 1. The highest BCUT2D eigenvalue weighted by Crippen LogP contribution is 2.18. The van der Waals surface area contributed by atoms with E-state index in [2.05, 4.69) is 29.4 Å². The van der Waals surface area contributed by atoms with Crippen LogP contribution in [0.3, 0.4) is 0 Å². The first-order valence-electron chi connectivity index (χ1n) is 5.64. The Morgan fingerprint density at radius 2 is 2.47 bits per heavy atom. The monoisotopic (exact) mass is 209 g/mol. The number of aromatic amines is 1.